The van der Waals surface area contributed by atoms with Crippen molar-refractivity contribution in [2.75, 3.05) is 13.1 Å². The van der Waals surface area contributed by atoms with Gasteiger partial charge in [-0.2, -0.15) is 0 Å². The first-order valence-electron chi connectivity index (χ1n) is 6.79. The molecule has 0 radical (unpaired) electrons. The van der Waals surface area contributed by atoms with Crippen molar-refractivity contribution in [3.8, 4) is 0 Å². The zero-order valence-electron chi connectivity index (χ0n) is 11.9. The highest BCUT2D eigenvalue weighted by Crippen LogP contribution is 2.11. The molecule has 2 rings (SSSR count). The molecule has 1 aromatic carbocycles. The van der Waals surface area contributed by atoms with Crippen LogP contribution in [0.4, 0.5) is 5.69 Å². The first-order chi connectivity index (χ1) is 10.7. The summed E-state index contributed by atoms with van der Waals surface area (Å²) < 4.78 is 0. The Balaban J connectivity index is 1.67. The zero-order chi connectivity index (χ0) is 15.8. The summed E-state index contributed by atoms with van der Waals surface area (Å²) in [5.41, 5.74) is 1.55. The minimum Gasteiger partial charge on any atom is -0.351 e. The van der Waals surface area contributed by atoms with Gasteiger partial charge in [-0.25, -0.2) is 0 Å². The van der Waals surface area contributed by atoms with E-state index < -0.39 is 4.92 Å². The summed E-state index contributed by atoms with van der Waals surface area (Å²) >= 11 is 0. The van der Waals surface area contributed by atoms with Crippen LogP contribution in [-0.2, 0) is 6.54 Å². The van der Waals surface area contributed by atoms with E-state index in [0.29, 0.717) is 25.2 Å². The van der Waals surface area contributed by atoms with Gasteiger partial charge in [-0.3, -0.25) is 19.9 Å². The van der Waals surface area contributed by atoms with Gasteiger partial charge in [0.05, 0.1) is 10.5 Å². The number of amides is 1. The van der Waals surface area contributed by atoms with Gasteiger partial charge in [0.15, 0.2) is 0 Å². The number of benzene rings is 1. The molecule has 7 nitrogen and oxygen atoms in total. The third-order valence-corrected chi connectivity index (χ3v) is 2.99. The Hall–Kier alpha value is -2.80. The highest BCUT2D eigenvalue weighted by molar-refractivity contribution is 5.93. The van der Waals surface area contributed by atoms with Crippen LogP contribution in [0, 0.1) is 10.1 Å². The van der Waals surface area contributed by atoms with E-state index in [4.69, 9.17) is 0 Å². The van der Waals surface area contributed by atoms with E-state index in [2.05, 4.69) is 15.6 Å². The van der Waals surface area contributed by atoms with E-state index in [9.17, 15) is 14.9 Å². The van der Waals surface area contributed by atoms with Crippen LogP contribution in [0.2, 0.25) is 0 Å². The smallest absolute Gasteiger partial charge is 0.269 e. The van der Waals surface area contributed by atoms with Crippen molar-refractivity contribution < 1.29 is 9.72 Å². The molecule has 0 spiro atoms. The molecule has 114 valence electrons. The topological polar surface area (TPSA) is 97.2 Å². The van der Waals surface area contributed by atoms with E-state index in [1.807, 2.05) is 0 Å². The number of aromatic nitrogens is 1. The number of carbonyl (C=O) groups excluding carboxylic acids is 1. The number of nitro benzene ring substituents is 1. The van der Waals surface area contributed by atoms with Crippen LogP contribution in [0.5, 0.6) is 0 Å². The summed E-state index contributed by atoms with van der Waals surface area (Å²) in [7, 11) is 0. The number of non-ortho nitro benzene ring substituents is 1. The predicted octanol–water partition coefficient (Wildman–Crippen LogP) is 1.51. The third-order valence-electron chi connectivity index (χ3n) is 2.99. The Morgan fingerprint density at radius 1 is 1.18 bits per heavy atom. The quantitative estimate of drug-likeness (QED) is 0.459. The fourth-order valence-corrected chi connectivity index (χ4v) is 1.83. The zero-order valence-corrected chi connectivity index (χ0v) is 11.9. The van der Waals surface area contributed by atoms with E-state index in [1.165, 1.54) is 18.3 Å². The SMILES string of the molecule is O=C(NCCNCc1ccc([N+](=O)[O-])cc1)c1cccnc1. The van der Waals surface area contributed by atoms with Crippen LogP contribution >= 0.6 is 0 Å². The number of nitrogens with one attached hydrogen (secondary N) is 2. The molecule has 2 aromatic rings. The lowest BCUT2D eigenvalue weighted by Crippen LogP contribution is -2.31. The van der Waals surface area contributed by atoms with Gasteiger partial charge in [0.25, 0.3) is 11.6 Å². The summed E-state index contributed by atoms with van der Waals surface area (Å²) in [4.78, 5) is 25.7. The second-order valence-electron chi connectivity index (χ2n) is 4.60. The van der Waals surface area contributed by atoms with Crippen LogP contribution in [0.25, 0.3) is 0 Å². The summed E-state index contributed by atoms with van der Waals surface area (Å²) in [6.45, 7) is 1.67. The standard InChI is InChI=1S/C15H16N4O3/c20-15(13-2-1-7-16-11-13)18-9-8-17-10-12-3-5-14(6-4-12)19(21)22/h1-7,11,17H,8-10H2,(H,18,20). The van der Waals surface area contributed by atoms with Gasteiger partial charge in [-0.15, -0.1) is 0 Å². The lowest BCUT2D eigenvalue weighted by atomic mass is 10.2. The second kappa shape index (κ2) is 7.84. The molecule has 0 saturated carbocycles. The molecule has 0 unspecified atom stereocenters. The lowest BCUT2D eigenvalue weighted by Gasteiger charge is -2.07. The second-order valence-corrected chi connectivity index (χ2v) is 4.60. The van der Waals surface area contributed by atoms with Crippen LogP contribution in [0.1, 0.15) is 15.9 Å². The lowest BCUT2D eigenvalue weighted by molar-refractivity contribution is -0.384. The van der Waals surface area contributed by atoms with Gasteiger partial charge in [0.1, 0.15) is 0 Å². The fourth-order valence-electron chi connectivity index (χ4n) is 1.83. The molecule has 0 bridgehead atoms. The van der Waals surface area contributed by atoms with Crippen molar-refractivity contribution in [2.45, 2.75) is 6.54 Å². The largest absolute Gasteiger partial charge is 0.351 e. The molecule has 0 atom stereocenters. The van der Waals surface area contributed by atoms with Crippen molar-refractivity contribution in [1.29, 1.82) is 0 Å². The summed E-state index contributed by atoms with van der Waals surface area (Å²) in [5.74, 6) is -0.162. The number of hydrogen-bond acceptors (Lipinski definition) is 5. The molecule has 7 heteroatoms. The Bertz CT molecular complexity index is 629. The van der Waals surface area contributed by atoms with Gasteiger partial charge < -0.3 is 10.6 Å². The van der Waals surface area contributed by atoms with Gasteiger partial charge >= 0.3 is 0 Å². The average molecular weight is 300 g/mol. The molecule has 0 aliphatic rings. The van der Waals surface area contributed by atoms with Crippen molar-refractivity contribution in [1.82, 2.24) is 15.6 Å². The van der Waals surface area contributed by atoms with Crippen LogP contribution < -0.4 is 10.6 Å². The number of nitrogens with zero attached hydrogens (tertiary/aromatic N) is 2. The number of carbonyl (C=O) groups is 1. The maximum Gasteiger partial charge on any atom is 0.269 e. The Labute approximate surface area is 127 Å². The maximum atomic E-state index is 11.7. The van der Waals surface area contributed by atoms with Crippen LogP contribution in [0.3, 0.4) is 0 Å². The van der Waals surface area contributed by atoms with Gasteiger partial charge in [0.2, 0.25) is 0 Å². The monoisotopic (exact) mass is 300 g/mol. The number of rotatable bonds is 7. The Morgan fingerprint density at radius 2 is 1.95 bits per heavy atom. The molecule has 0 aliphatic carbocycles. The number of pyridine rings is 1. The predicted molar refractivity (Wildman–Crippen MR) is 81.4 cm³/mol. The third kappa shape index (κ3) is 4.64. The van der Waals surface area contributed by atoms with E-state index in [-0.39, 0.29) is 11.6 Å². The number of nitro groups is 1. The molecule has 0 fully saturated rings. The number of hydrogen-bond donors (Lipinski definition) is 2. The minimum atomic E-state index is -0.425. The molecule has 1 amide bonds. The first-order valence-corrected chi connectivity index (χ1v) is 6.79. The molecule has 1 aromatic heterocycles. The van der Waals surface area contributed by atoms with Crippen molar-refractivity contribution in [2.24, 2.45) is 0 Å². The van der Waals surface area contributed by atoms with Crippen LogP contribution in [0.15, 0.2) is 48.8 Å². The van der Waals surface area contributed by atoms with E-state index in [0.717, 1.165) is 5.56 Å². The molecule has 22 heavy (non-hydrogen) atoms. The maximum absolute atomic E-state index is 11.7. The Kier molecular flexibility index (Phi) is 5.56. The summed E-state index contributed by atoms with van der Waals surface area (Å²) in [6, 6.07) is 9.77. The van der Waals surface area contributed by atoms with Gasteiger partial charge in [-0.1, -0.05) is 12.1 Å². The highest BCUT2D eigenvalue weighted by Gasteiger charge is 2.04. The van der Waals surface area contributed by atoms with Crippen molar-refractivity contribution >= 4 is 11.6 Å². The van der Waals surface area contributed by atoms with Gasteiger partial charge in [-0.05, 0) is 17.7 Å². The minimum absolute atomic E-state index is 0.0764. The average Bonchev–Trinajstić information content (AvgIpc) is 2.55. The molecule has 2 N–H and O–H groups in total. The van der Waals surface area contributed by atoms with E-state index >= 15 is 0 Å². The first kappa shape index (κ1) is 15.6. The molecule has 1 heterocycles. The summed E-state index contributed by atoms with van der Waals surface area (Å²) in [5, 5.41) is 16.5. The molecule has 0 saturated heterocycles. The summed E-state index contributed by atoms with van der Waals surface area (Å²) in [6.07, 6.45) is 3.13. The molecular formula is C15H16N4O3. The van der Waals surface area contributed by atoms with E-state index in [1.54, 1.807) is 30.5 Å². The van der Waals surface area contributed by atoms with Gasteiger partial charge in [0, 0.05) is 44.2 Å². The highest BCUT2D eigenvalue weighted by atomic mass is 16.6. The van der Waals surface area contributed by atoms with Crippen molar-refractivity contribution in [3.05, 3.63) is 70.0 Å². The Morgan fingerprint density at radius 3 is 2.59 bits per heavy atom. The van der Waals surface area contributed by atoms with Crippen LogP contribution in [-0.4, -0.2) is 28.9 Å². The van der Waals surface area contributed by atoms with Crippen molar-refractivity contribution in [3.63, 3.8) is 0 Å². The molecular weight excluding hydrogens is 284 g/mol. The molecule has 0 aliphatic heterocycles. The fraction of sp³-hybridized carbons (Fsp3) is 0.200. The normalized spacial score (nSPS) is 10.2.